The molecule has 2 rings (SSSR count). The van der Waals surface area contributed by atoms with Crippen molar-refractivity contribution < 1.29 is 9.59 Å². The molecule has 0 unspecified atom stereocenters. The van der Waals surface area contributed by atoms with Crippen molar-refractivity contribution in [1.82, 2.24) is 5.43 Å². The number of hydrazone groups is 1. The number of nitrogens with zero attached hydrogens (tertiary/aromatic N) is 1. The molecular formula is C18H17Cl2N3O2. The number of aryl methyl sites for hydroxylation is 1. The molecule has 25 heavy (non-hydrogen) atoms. The van der Waals surface area contributed by atoms with Crippen LogP contribution in [-0.2, 0) is 4.79 Å². The number of nitrogens with one attached hydrogen (secondary N) is 2. The zero-order chi connectivity index (χ0) is 18.4. The van der Waals surface area contributed by atoms with Crippen molar-refractivity contribution in [3.63, 3.8) is 0 Å². The average Bonchev–Trinajstić information content (AvgIpc) is 2.56. The summed E-state index contributed by atoms with van der Waals surface area (Å²) >= 11 is 11.8. The Kier molecular flexibility index (Phi) is 6.56. The largest absolute Gasteiger partial charge is 0.325 e. The predicted octanol–water partition coefficient (Wildman–Crippen LogP) is 4.44. The van der Waals surface area contributed by atoms with Crippen molar-refractivity contribution in [3.05, 3.63) is 63.6 Å². The lowest BCUT2D eigenvalue weighted by atomic mass is 10.2. The molecule has 0 heterocycles. The van der Waals surface area contributed by atoms with Crippen molar-refractivity contribution in [3.8, 4) is 0 Å². The summed E-state index contributed by atoms with van der Waals surface area (Å²) in [6.07, 6.45) is 0.0434. The van der Waals surface area contributed by atoms with Gasteiger partial charge in [0.2, 0.25) is 5.91 Å². The molecule has 0 radical (unpaired) electrons. The van der Waals surface area contributed by atoms with E-state index in [1.54, 1.807) is 37.3 Å². The fourth-order valence-electron chi connectivity index (χ4n) is 2.04. The zero-order valence-corrected chi connectivity index (χ0v) is 15.3. The fourth-order valence-corrected chi connectivity index (χ4v) is 2.40. The minimum atomic E-state index is -0.395. The average molecular weight is 378 g/mol. The van der Waals surface area contributed by atoms with E-state index in [-0.39, 0.29) is 12.3 Å². The van der Waals surface area contributed by atoms with Crippen LogP contribution in [0.3, 0.4) is 0 Å². The summed E-state index contributed by atoms with van der Waals surface area (Å²) in [5, 5.41) is 7.72. The Bertz CT molecular complexity index is 835. The lowest BCUT2D eigenvalue weighted by molar-refractivity contribution is -0.115. The molecule has 0 atom stereocenters. The molecular weight excluding hydrogens is 361 g/mol. The zero-order valence-electron chi connectivity index (χ0n) is 13.8. The van der Waals surface area contributed by atoms with Crippen molar-refractivity contribution in [2.24, 2.45) is 5.10 Å². The van der Waals surface area contributed by atoms with Crippen molar-refractivity contribution >= 4 is 46.4 Å². The first-order valence-electron chi connectivity index (χ1n) is 7.50. The monoisotopic (exact) mass is 377 g/mol. The van der Waals surface area contributed by atoms with Gasteiger partial charge in [0.1, 0.15) is 0 Å². The second kappa shape index (κ2) is 8.65. The fraction of sp³-hybridized carbons (Fsp3) is 0.167. The van der Waals surface area contributed by atoms with Crippen molar-refractivity contribution in [2.75, 3.05) is 5.32 Å². The molecule has 0 bridgehead atoms. The van der Waals surface area contributed by atoms with Gasteiger partial charge >= 0.3 is 0 Å². The summed E-state index contributed by atoms with van der Waals surface area (Å²) in [5.74, 6) is -0.642. The molecule has 0 spiro atoms. The quantitative estimate of drug-likeness (QED) is 0.597. The van der Waals surface area contributed by atoms with E-state index in [0.29, 0.717) is 27.0 Å². The molecule has 2 aromatic carbocycles. The Hall–Kier alpha value is -2.37. The van der Waals surface area contributed by atoms with Crippen LogP contribution in [0.2, 0.25) is 10.0 Å². The first kappa shape index (κ1) is 19.0. The molecule has 0 saturated carbocycles. The highest BCUT2D eigenvalue weighted by atomic mass is 35.5. The van der Waals surface area contributed by atoms with E-state index < -0.39 is 5.91 Å². The van der Waals surface area contributed by atoms with Gasteiger partial charge in [0.05, 0.1) is 6.42 Å². The van der Waals surface area contributed by atoms with Crippen LogP contribution < -0.4 is 10.7 Å². The number of rotatable bonds is 5. The molecule has 0 aliphatic rings. The third-order valence-corrected chi connectivity index (χ3v) is 3.80. The van der Waals surface area contributed by atoms with Gasteiger partial charge in [0.25, 0.3) is 5.91 Å². The van der Waals surface area contributed by atoms with Gasteiger partial charge in [-0.2, -0.15) is 5.10 Å². The van der Waals surface area contributed by atoms with E-state index in [4.69, 9.17) is 23.2 Å². The molecule has 2 amide bonds. The van der Waals surface area contributed by atoms with Crippen LogP contribution in [0.4, 0.5) is 5.69 Å². The van der Waals surface area contributed by atoms with Gasteiger partial charge in [0, 0.05) is 27.0 Å². The highest BCUT2D eigenvalue weighted by molar-refractivity contribution is 6.31. The first-order valence-corrected chi connectivity index (χ1v) is 8.26. The molecule has 7 heteroatoms. The number of benzene rings is 2. The van der Waals surface area contributed by atoms with Crippen LogP contribution in [0.1, 0.15) is 29.3 Å². The molecule has 0 aliphatic heterocycles. The van der Waals surface area contributed by atoms with Gasteiger partial charge in [-0.25, -0.2) is 5.43 Å². The number of hydrogen-bond acceptors (Lipinski definition) is 3. The minimum Gasteiger partial charge on any atom is -0.325 e. The standard InChI is InChI=1S/C18H17Cl2N3O2/c1-11-6-7-15(20)10-16(11)21-17(24)8-12(2)22-23-18(25)13-4-3-5-14(19)9-13/h3-7,9-10H,8H2,1-2H3,(H,21,24)(H,23,25). The third kappa shape index (κ3) is 5.89. The van der Waals surface area contributed by atoms with E-state index in [9.17, 15) is 9.59 Å². The topological polar surface area (TPSA) is 70.6 Å². The Morgan fingerprint density at radius 3 is 2.52 bits per heavy atom. The SMILES string of the molecule is CC(CC(=O)Nc1cc(Cl)ccc1C)=NNC(=O)c1cccc(Cl)c1. The highest BCUT2D eigenvalue weighted by Gasteiger charge is 2.09. The number of anilines is 1. The van der Waals surface area contributed by atoms with Gasteiger partial charge < -0.3 is 5.32 Å². The Morgan fingerprint density at radius 1 is 1.08 bits per heavy atom. The van der Waals surface area contributed by atoms with E-state index >= 15 is 0 Å². The lowest BCUT2D eigenvalue weighted by Gasteiger charge is -2.09. The van der Waals surface area contributed by atoms with Crippen LogP contribution in [0, 0.1) is 6.92 Å². The summed E-state index contributed by atoms with van der Waals surface area (Å²) in [6.45, 7) is 3.53. The second-order valence-electron chi connectivity index (χ2n) is 5.48. The van der Waals surface area contributed by atoms with Gasteiger partial charge in [0.15, 0.2) is 0 Å². The number of hydrogen-bond donors (Lipinski definition) is 2. The third-order valence-electron chi connectivity index (χ3n) is 3.33. The molecule has 0 fully saturated rings. The van der Waals surface area contributed by atoms with Gasteiger partial charge in [-0.05, 0) is 49.7 Å². The van der Waals surface area contributed by atoms with Crippen LogP contribution in [0.25, 0.3) is 0 Å². The van der Waals surface area contributed by atoms with Gasteiger partial charge in [-0.1, -0.05) is 35.3 Å². The number of carbonyl (C=O) groups is 2. The summed E-state index contributed by atoms with van der Waals surface area (Å²) in [4.78, 5) is 24.0. The summed E-state index contributed by atoms with van der Waals surface area (Å²) in [7, 11) is 0. The maximum atomic E-state index is 12.1. The Morgan fingerprint density at radius 2 is 1.80 bits per heavy atom. The Balaban J connectivity index is 1.93. The van der Waals surface area contributed by atoms with Gasteiger partial charge in [-0.15, -0.1) is 0 Å². The van der Waals surface area contributed by atoms with Crippen LogP contribution in [0.15, 0.2) is 47.6 Å². The maximum absolute atomic E-state index is 12.1. The molecule has 0 saturated heterocycles. The van der Waals surface area contributed by atoms with Crippen LogP contribution in [-0.4, -0.2) is 17.5 Å². The molecule has 0 aromatic heterocycles. The van der Waals surface area contributed by atoms with Crippen LogP contribution in [0.5, 0.6) is 0 Å². The number of halogens is 2. The molecule has 130 valence electrons. The number of amides is 2. The highest BCUT2D eigenvalue weighted by Crippen LogP contribution is 2.20. The summed E-state index contributed by atoms with van der Waals surface area (Å²) in [6, 6.07) is 11.8. The minimum absolute atomic E-state index is 0.0434. The van der Waals surface area contributed by atoms with E-state index in [0.717, 1.165) is 5.56 Å². The van der Waals surface area contributed by atoms with Crippen LogP contribution >= 0.6 is 23.2 Å². The van der Waals surface area contributed by atoms with Crippen molar-refractivity contribution in [2.45, 2.75) is 20.3 Å². The van der Waals surface area contributed by atoms with E-state index in [2.05, 4.69) is 15.8 Å². The first-order chi connectivity index (χ1) is 11.8. The molecule has 2 aromatic rings. The molecule has 0 aliphatic carbocycles. The lowest BCUT2D eigenvalue weighted by Crippen LogP contribution is -2.21. The smallest absolute Gasteiger partial charge is 0.271 e. The molecule has 5 nitrogen and oxygen atoms in total. The summed E-state index contributed by atoms with van der Waals surface area (Å²) in [5.41, 5.74) is 4.81. The van der Waals surface area contributed by atoms with E-state index in [1.165, 1.54) is 6.07 Å². The number of carbonyl (C=O) groups excluding carboxylic acids is 2. The normalized spacial score (nSPS) is 11.1. The summed E-state index contributed by atoms with van der Waals surface area (Å²) < 4.78 is 0. The van der Waals surface area contributed by atoms with Crippen molar-refractivity contribution in [1.29, 1.82) is 0 Å². The second-order valence-corrected chi connectivity index (χ2v) is 6.36. The maximum Gasteiger partial charge on any atom is 0.271 e. The van der Waals surface area contributed by atoms with Gasteiger partial charge in [-0.3, -0.25) is 9.59 Å². The predicted molar refractivity (Wildman–Crippen MR) is 101 cm³/mol. The Labute approximate surface area is 156 Å². The molecule has 2 N–H and O–H groups in total. The van der Waals surface area contributed by atoms with E-state index in [1.807, 2.05) is 13.0 Å².